The van der Waals surface area contributed by atoms with Crippen LogP contribution in [0.25, 0.3) is 6.08 Å². The van der Waals surface area contributed by atoms with E-state index in [0.717, 1.165) is 23.4 Å². The highest BCUT2D eigenvalue weighted by Gasteiger charge is 2.03. The molecule has 2 aromatic rings. The lowest BCUT2D eigenvalue weighted by molar-refractivity contribution is -0.115. The lowest BCUT2D eigenvalue weighted by atomic mass is 10.1. The van der Waals surface area contributed by atoms with Crippen LogP contribution >= 0.6 is 23.8 Å². The molecule has 0 heterocycles. The van der Waals surface area contributed by atoms with Gasteiger partial charge in [0.05, 0.1) is 6.61 Å². The van der Waals surface area contributed by atoms with Gasteiger partial charge in [-0.15, -0.1) is 0 Å². The molecule has 2 rings (SSSR count). The smallest absolute Gasteiger partial charge is 0.250 e. The number of halogens is 1. The van der Waals surface area contributed by atoms with Gasteiger partial charge in [-0.2, -0.15) is 0 Å². The van der Waals surface area contributed by atoms with Crippen LogP contribution in [0.2, 0.25) is 5.02 Å². The fourth-order valence-electron chi connectivity index (χ4n) is 2.14. The van der Waals surface area contributed by atoms with Gasteiger partial charge in [0.25, 0.3) is 0 Å². The largest absolute Gasteiger partial charge is 0.494 e. The van der Waals surface area contributed by atoms with Gasteiger partial charge in [0.1, 0.15) is 5.75 Å². The minimum Gasteiger partial charge on any atom is -0.494 e. The molecule has 0 atom stereocenters. The second-order valence-electron chi connectivity index (χ2n) is 6.35. The van der Waals surface area contributed by atoms with Crippen LogP contribution in [0.15, 0.2) is 54.6 Å². The van der Waals surface area contributed by atoms with Crippen molar-refractivity contribution in [1.29, 1.82) is 0 Å². The summed E-state index contributed by atoms with van der Waals surface area (Å²) in [5.41, 5.74) is 1.54. The van der Waals surface area contributed by atoms with Crippen molar-refractivity contribution < 1.29 is 9.53 Å². The summed E-state index contributed by atoms with van der Waals surface area (Å²) in [6.45, 7) is 5.02. The third kappa shape index (κ3) is 7.81. The van der Waals surface area contributed by atoms with Gasteiger partial charge in [-0.1, -0.05) is 43.6 Å². The number of nitrogens with one attached hydrogen (secondary N) is 2. The van der Waals surface area contributed by atoms with E-state index in [1.165, 1.54) is 6.08 Å². The molecule has 0 unspecified atom stereocenters. The first-order valence-electron chi connectivity index (χ1n) is 8.71. The van der Waals surface area contributed by atoms with Crippen LogP contribution in [-0.4, -0.2) is 17.6 Å². The van der Waals surface area contributed by atoms with Crippen LogP contribution < -0.4 is 15.4 Å². The normalized spacial score (nSPS) is 10.8. The zero-order valence-corrected chi connectivity index (χ0v) is 16.9. The summed E-state index contributed by atoms with van der Waals surface area (Å²) < 4.78 is 5.67. The quantitative estimate of drug-likeness (QED) is 0.488. The van der Waals surface area contributed by atoms with Crippen molar-refractivity contribution in [3.05, 3.63) is 65.2 Å². The van der Waals surface area contributed by atoms with Crippen molar-refractivity contribution in [2.45, 2.75) is 20.3 Å². The summed E-state index contributed by atoms with van der Waals surface area (Å²) in [5, 5.41) is 6.37. The van der Waals surface area contributed by atoms with E-state index in [0.29, 0.717) is 17.5 Å². The lowest BCUT2D eigenvalue weighted by Crippen LogP contribution is -2.32. The lowest BCUT2D eigenvalue weighted by Gasteiger charge is -2.10. The Balaban J connectivity index is 1.81. The van der Waals surface area contributed by atoms with E-state index in [2.05, 4.69) is 24.5 Å². The third-order valence-electron chi connectivity index (χ3n) is 3.63. The number of anilines is 1. The Bertz CT molecular complexity index is 804. The minimum absolute atomic E-state index is 0.220. The number of thiocarbonyl (C=S) groups is 1. The molecule has 0 saturated heterocycles. The predicted octanol–water partition coefficient (Wildman–Crippen LogP) is 5.29. The van der Waals surface area contributed by atoms with Crippen LogP contribution in [0.5, 0.6) is 5.75 Å². The molecular weight excluding hydrogens is 380 g/mol. The molecule has 2 N–H and O–H groups in total. The zero-order valence-electron chi connectivity index (χ0n) is 15.4. The van der Waals surface area contributed by atoms with Crippen LogP contribution in [0.4, 0.5) is 5.69 Å². The molecule has 27 heavy (non-hydrogen) atoms. The monoisotopic (exact) mass is 402 g/mol. The maximum Gasteiger partial charge on any atom is 0.250 e. The maximum absolute atomic E-state index is 12.0. The molecule has 0 saturated carbocycles. The maximum atomic E-state index is 12.0. The van der Waals surface area contributed by atoms with Crippen molar-refractivity contribution in [3.8, 4) is 5.75 Å². The van der Waals surface area contributed by atoms with Gasteiger partial charge in [-0.3, -0.25) is 10.1 Å². The summed E-state index contributed by atoms with van der Waals surface area (Å²) in [7, 11) is 0. The van der Waals surface area contributed by atoms with Crippen molar-refractivity contribution in [2.24, 2.45) is 5.92 Å². The van der Waals surface area contributed by atoms with E-state index in [1.807, 2.05) is 42.5 Å². The van der Waals surface area contributed by atoms with E-state index in [4.69, 9.17) is 28.6 Å². The molecule has 0 aliphatic heterocycles. The summed E-state index contributed by atoms with van der Waals surface area (Å²) in [6, 6.07) is 14.7. The average Bonchev–Trinajstić information content (AvgIpc) is 2.62. The summed E-state index contributed by atoms with van der Waals surface area (Å²) in [5.74, 6) is 1.08. The molecule has 0 radical (unpaired) electrons. The first kappa shape index (κ1) is 20.9. The highest BCUT2D eigenvalue weighted by Crippen LogP contribution is 2.17. The Labute approximate surface area is 170 Å². The van der Waals surface area contributed by atoms with Crippen molar-refractivity contribution >= 4 is 46.6 Å². The molecule has 142 valence electrons. The number of benzene rings is 2. The molecule has 1 amide bonds. The van der Waals surface area contributed by atoms with Gasteiger partial charge in [-0.25, -0.2) is 0 Å². The van der Waals surface area contributed by atoms with E-state index < -0.39 is 0 Å². The van der Waals surface area contributed by atoms with Gasteiger partial charge in [0.2, 0.25) is 5.91 Å². The fraction of sp³-hybridized carbons (Fsp3) is 0.238. The van der Waals surface area contributed by atoms with Crippen LogP contribution in [0.3, 0.4) is 0 Å². The Morgan fingerprint density at radius 1 is 1.19 bits per heavy atom. The molecule has 0 spiro atoms. The zero-order chi connectivity index (χ0) is 19.6. The van der Waals surface area contributed by atoms with Gasteiger partial charge in [0.15, 0.2) is 5.11 Å². The Kier molecular flexibility index (Phi) is 8.30. The van der Waals surface area contributed by atoms with Crippen LogP contribution in [0.1, 0.15) is 25.8 Å². The first-order chi connectivity index (χ1) is 12.9. The number of carbonyl (C=O) groups excluding carboxylic acids is 1. The van der Waals surface area contributed by atoms with Gasteiger partial charge < -0.3 is 10.1 Å². The number of hydrogen-bond acceptors (Lipinski definition) is 3. The Morgan fingerprint density at radius 2 is 1.89 bits per heavy atom. The van der Waals surface area contributed by atoms with E-state index in [-0.39, 0.29) is 11.0 Å². The van der Waals surface area contributed by atoms with E-state index in [9.17, 15) is 4.79 Å². The summed E-state index contributed by atoms with van der Waals surface area (Å²) in [4.78, 5) is 12.0. The number of carbonyl (C=O) groups is 1. The van der Waals surface area contributed by atoms with Crippen LogP contribution in [-0.2, 0) is 4.79 Å². The molecule has 6 heteroatoms. The van der Waals surface area contributed by atoms with Crippen LogP contribution in [0, 0.1) is 5.92 Å². The second-order valence-corrected chi connectivity index (χ2v) is 7.17. The topological polar surface area (TPSA) is 50.4 Å². The van der Waals surface area contributed by atoms with Gasteiger partial charge in [0, 0.05) is 16.8 Å². The van der Waals surface area contributed by atoms with Crippen molar-refractivity contribution in [3.63, 3.8) is 0 Å². The van der Waals surface area contributed by atoms with E-state index >= 15 is 0 Å². The van der Waals surface area contributed by atoms with Crippen molar-refractivity contribution in [2.75, 3.05) is 11.9 Å². The molecule has 0 fully saturated rings. The Morgan fingerprint density at radius 3 is 2.56 bits per heavy atom. The summed E-state index contributed by atoms with van der Waals surface area (Å²) in [6.07, 6.45) is 4.04. The predicted molar refractivity (Wildman–Crippen MR) is 116 cm³/mol. The van der Waals surface area contributed by atoms with Gasteiger partial charge >= 0.3 is 0 Å². The fourth-order valence-corrected chi connectivity index (χ4v) is 2.56. The highest BCUT2D eigenvalue weighted by atomic mass is 35.5. The molecular formula is C21H23ClN2O2S. The minimum atomic E-state index is -0.332. The van der Waals surface area contributed by atoms with E-state index in [1.54, 1.807) is 12.1 Å². The standard InChI is InChI=1S/C21H23ClN2O2S/c1-15(2)13-14-26-18-10-8-17(9-11-18)23-21(27)24-20(25)12-7-16-5-3-4-6-19(16)22/h3-12,15H,13-14H2,1-2H3,(H2,23,24,25,27). The molecule has 0 aromatic heterocycles. The first-order valence-corrected chi connectivity index (χ1v) is 9.50. The number of amides is 1. The number of hydrogen-bond donors (Lipinski definition) is 2. The molecule has 0 aliphatic rings. The number of rotatable bonds is 7. The van der Waals surface area contributed by atoms with Crippen molar-refractivity contribution in [1.82, 2.24) is 5.32 Å². The SMILES string of the molecule is CC(C)CCOc1ccc(NC(=S)NC(=O)C=Cc2ccccc2Cl)cc1. The molecule has 2 aromatic carbocycles. The number of ether oxygens (including phenoxy) is 1. The third-order valence-corrected chi connectivity index (χ3v) is 4.18. The molecule has 0 aliphatic carbocycles. The van der Waals surface area contributed by atoms with Gasteiger partial charge in [-0.05, 0) is 66.5 Å². The Hall–Kier alpha value is -2.37. The highest BCUT2D eigenvalue weighted by molar-refractivity contribution is 7.80. The molecule has 4 nitrogen and oxygen atoms in total. The summed E-state index contributed by atoms with van der Waals surface area (Å²) >= 11 is 11.2. The average molecular weight is 403 g/mol. The second kappa shape index (κ2) is 10.7. The molecule has 0 bridgehead atoms.